The maximum Gasteiger partial charge on any atom is 0.333 e. The number of esters is 1. The van der Waals surface area contributed by atoms with Crippen LogP contribution in [-0.4, -0.2) is 228 Å². The van der Waals surface area contributed by atoms with Crippen molar-refractivity contribution in [1.29, 1.82) is 0 Å². The lowest BCUT2D eigenvalue weighted by atomic mass is 9.82. The molecule has 0 unspecified atom stereocenters. The number of rotatable bonds is 8. The van der Waals surface area contributed by atoms with Crippen molar-refractivity contribution in [3.05, 3.63) is 59.8 Å². The number of hydrogen-bond donors (Lipinski definition) is 18. The number of carbonyl (C=O) groups is 1. The number of aliphatic hydroxyl groups is 17. The second kappa shape index (κ2) is 38.6. The van der Waals surface area contributed by atoms with Gasteiger partial charge in [-0.1, -0.05) is 97.1 Å². The number of ether oxygens (including phenoxy) is 3. The Balaban J connectivity index is 2.45. The van der Waals surface area contributed by atoms with Gasteiger partial charge in [0.1, 0.15) is 36.6 Å². The number of aliphatic hydroxyl groups excluding tert-OH is 17. The van der Waals surface area contributed by atoms with Crippen LogP contribution in [0.3, 0.4) is 0 Å². The normalized spacial score (nSPS) is 41.8. The molecule has 1 saturated heterocycles. The van der Waals surface area contributed by atoms with Gasteiger partial charge in [0.05, 0.1) is 86.0 Å². The first-order chi connectivity index (χ1) is 38.9. The van der Waals surface area contributed by atoms with Crippen LogP contribution in [0.4, 0.5) is 0 Å². The number of allylic oxidation sites excluding steroid dienone is 2. The average molecular weight is 1190 g/mol. The van der Waals surface area contributed by atoms with E-state index in [0.717, 1.165) is 0 Å². The second-order valence-corrected chi connectivity index (χ2v) is 24.2. The van der Waals surface area contributed by atoms with Crippen molar-refractivity contribution in [2.24, 2.45) is 47.2 Å². The molecule has 2 rings (SSSR count). The molecule has 0 aliphatic carbocycles. The monoisotopic (exact) mass is 1190 g/mol. The van der Waals surface area contributed by atoms with Gasteiger partial charge in [-0.05, 0) is 89.7 Å². The van der Waals surface area contributed by atoms with Crippen LogP contribution in [0.25, 0.3) is 0 Å². The third-order valence-corrected chi connectivity index (χ3v) is 17.0. The molecule has 22 nitrogen and oxygen atoms in total. The standard InChI is InChI=1S/C61H109NO21/c1-32-15-10-11-19-47(70)38(7)55(75)33(2)16-12-17-35(4)60(80)81-51(37(6)46(69)20-14-24-62)21-13-18-41(64)26-42(65)28-48(71)39(8)56(76)40(9)49(72)29-43(66)27-44(67)30-50(73)52(25-36(5)54(74)34(3)22-23-45(32)68)82-61-59(79)58(78)57(77)53(31-63)83-61/h10,13,15,17-18,22-23,25,32-34,37-59,61,63-79H,11-12,14,16,19-21,24,26-31,62H2,1-9H3/t32-,33-,34-,37-,38+,39-,40-,41-,42-,43+,44+,45-,46-,47-,48-,49+,50+,51-,52-,53-,54+,55-,56-,57+,58-,59+,61-/m1/s1. The molecule has 0 amide bonds. The van der Waals surface area contributed by atoms with Crippen molar-refractivity contribution in [3.8, 4) is 0 Å². The summed E-state index contributed by atoms with van der Waals surface area (Å²) in [7, 11) is 0. The zero-order valence-corrected chi connectivity index (χ0v) is 50.4. The first kappa shape index (κ1) is 76.5. The Morgan fingerprint density at radius 2 is 1.22 bits per heavy atom. The summed E-state index contributed by atoms with van der Waals surface area (Å²) in [5.41, 5.74) is 6.22. The Morgan fingerprint density at radius 3 is 1.81 bits per heavy atom. The highest BCUT2D eigenvalue weighted by molar-refractivity contribution is 5.87. The van der Waals surface area contributed by atoms with Crippen molar-refractivity contribution in [2.45, 2.75) is 262 Å². The van der Waals surface area contributed by atoms with Crippen molar-refractivity contribution in [3.63, 3.8) is 0 Å². The van der Waals surface area contributed by atoms with Gasteiger partial charge in [-0.2, -0.15) is 0 Å². The SMILES string of the molecule is CC1=CCC[C@@H](C)[C@@H](O)[C@@H](C)[C@H](O)CCC=C[C@@H](C)[C@H](O)C=C[C@@H](C)[C@H](O)C(C)=C[C@@H](O[C@@H]2O[C@H](CO)[C@H](O)[C@@H](O)[C@@H]2O)[C@@H](O)C[C@@H](O)C[C@H](O)C[C@H](O)[C@@H](C)[C@H](O)[C@H](C)[C@H](O)C[C@H](O)C[C@H](O)C=CC[C@H]([C@H](C)[C@H](O)CCCN)OC1=O. The number of nitrogens with two attached hydrogens (primary N) is 1. The van der Waals surface area contributed by atoms with E-state index in [1.54, 1.807) is 58.9 Å². The van der Waals surface area contributed by atoms with Crippen molar-refractivity contribution in [1.82, 2.24) is 0 Å². The zero-order chi connectivity index (χ0) is 63.0. The molecule has 2 heterocycles. The summed E-state index contributed by atoms with van der Waals surface area (Å²) in [5, 5.41) is 186. The van der Waals surface area contributed by atoms with Gasteiger partial charge in [-0.15, -0.1) is 0 Å². The maximum absolute atomic E-state index is 13.4. The molecule has 22 heteroatoms. The molecule has 83 heavy (non-hydrogen) atoms. The van der Waals surface area contributed by atoms with Gasteiger partial charge in [0.15, 0.2) is 6.29 Å². The molecule has 0 aromatic carbocycles. The number of cyclic esters (lactones) is 1. The van der Waals surface area contributed by atoms with Gasteiger partial charge < -0.3 is 107 Å². The fraction of sp³-hybridized carbons (Fsp3) is 0.820. The summed E-state index contributed by atoms with van der Waals surface area (Å²) < 4.78 is 17.4. The van der Waals surface area contributed by atoms with Crippen molar-refractivity contribution in [2.75, 3.05) is 13.2 Å². The third kappa shape index (κ3) is 25.9. The van der Waals surface area contributed by atoms with Crippen LogP contribution in [-0.2, 0) is 19.0 Å². The van der Waals surface area contributed by atoms with E-state index in [9.17, 15) is 91.6 Å². The Hall–Kier alpha value is -2.63. The summed E-state index contributed by atoms with van der Waals surface area (Å²) in [6, 6.07) is 0. The molecule has 484 valence electrons. The van der Waals surface area contributed by atoms with Crippen LogP contribution in [0.2, 0.25) is 0 Å². The molecule has 0 saturated carbocycles. The minimum absolute atomic E-state index is 0.0959. The summed E-state index contributed by atoms with van der Waals surface area (Å²) in [6.45, 7) is 14.5. The van der Waals surface area contributed by atoms with E-state index in [4.69, 9.17) is 19.9 Å². The van der Waals surface area contributed by atoms with Crippen LogP contribution < -0.4 is 5.73 Å². The minimum Gasteiger partial charge on any atom is -0.458 e. The fourth-order valence-corrected chi connectivity index (χ4v) is 10.5. The van der Waals surface area contributed by atoms with Gasteiger partial charge >= 0.3 is 5.97 Å². The summed E-state index contributed by atoms with van der Waals surface area (Å²) >= 11 is 0. The molecule has 0 aromatic rings. The van der Waals surface area contributed by atoms with Gasteiger partial charge in [0.2, 0.25) is 0 Å². The molecular weight excluding hydrogens is 1080 g/mol. The molecule has 0 aromatic heterocycles. The quantitative estimate of drug-likeness (QED) is 0.116. The first-order valence-electron chi connectivity index (χ1n) is 29.9. The molecule has 2 aliphatic heterocycles. The number of hydrogen-bond acceptors (Lipinski definition) is 22. The van der Waals surface area contributed by atoms with E-state index in [1.807, 2.05) is 13.0 Å². The van der Waals surface area contributed by atoms with E-state index in [0.29, 0.717) is 50.6 Å². The topological polar surface area (TPSA) is 415 Å². The van der Waals surface area contributed by atoms with Gasteiger partial charge in [-0.3, -0.25) is 0 Å². The lowest BCUT2D eigenvalue weighted by molar-refractivity contribution is -0.313. The molecule has 19 N–H and O–H groups in total. The van der Waals surface area contributed by atoms with Crippen LogP contribution in [0, 0.1) is 41.4 Å². The summed E-state index contributed by atoms with van der Waals surface area (Å²) in [6.07, 6.45) is -13.2. The smallest absolute Gasteiger partial charge is 0.333 e. The molecule has 1 fully saturated rings. The molecule has 0 spiro atoms. The molecule has 0 bridgehead atoms. The van der Waals surface area contributed by atoms with Crippen molar-refractivity contribution >= 4 is 5.97 Å². The van der Waals surface area contributed by atoms with E-state index in [1.165, 1.54) is 39.0 Å². The Bertz CT molecular complexity index is 1960. The van der Waals surface area contributed by atoms with E-state index in [-0.39, 0.29) is 37.2 Å². The highest BCUT2D eigenvalue weighted by atomic mass is 16.7. The van der Waals surface area contributed by atoms with Gasteiger partial charge in [0, 0.05) is 60.3 Å². The lowest BCUT2D eigenvalue weighted by Gasteiger charge is -2.41. The van der Waals surface area contributed by atoms with E-state index < -0.39 is 183 Å². The second-order valence-electron chi connectivity index (χ2n) is 24.2. The molecule has 27 atom stereocenters. The van der Waals surface area contributed by atoms with Crippen LogP contribution in [0.15, 0.2) is 59.8 Å². The molecular formula is C61H109NO21. The van der Waals surface area contributed by atoms with Gasteiger partial charge in [0.25, 0.3) is 0 Å². The highest BCUT2D eigenvalue weighted by Gasteiger charge is 2.46. The highest BCUT2D eigenvalue weighted by Crippen LogP contribution is 2.30. The first-order valence-corrected chi connectivity index (χ1v) is 29.9. The Morgan fingerprint density at radius 1 is 0.639 bits per heavy atom. The fourth-order valence-electron chi connectivity index (χ4n) is 10.5. The number of carbonyl (C=O) groups excluding carboxylic acids is 1. The third-order valence-electron chi connectivity index (χ3n) is 17.0. The van der Waals surface area contributed by atoms with Crippen LogP contribution in [0.1, 0.15) is 139 Å². The zero-order valence-electron chi connectivity index (χ0n) is 50.4. The maximum atomic E-state index is 13.4. The van der Waals surface area contributed by atoms with Crippen LogP contribution in [0.5, 0.6) is 0 Å². The summed E-state index contributed by atoms with van der Waals surface area (Å²) in [4.78, 5) is 13.4. The molecule has 0 radical (unpaired) electrons. The molecule has 2 aliphatic rings. The lowest BCUT2D eigenvalue weighted by Crippen LogP contribution is -2.60. The Labute approximate surface area is 492 Å². The predicted octanol–water partition coefficient (Wildman–Crippen LogP) is 0.442. The van der Waals surface area contributed by atoms with Crippen LogP contribution >= 0.6 is 0 Å². The van der Waals surface area contributed by atoms with E-state index in [2.05, 4.69) is 0 Å². The average Bonchev–Trinajstić information content (AvgIpc) is 3.63. The Kier molecular flexibility index (Phi) is 35.6. The van der Waals surface area contributed by atoms with E-state index >= 15 is 0 Å². The largest absolute Gasteiger partial charge is 0.458 e. The predicted molar refractivity (Wildman–Crippen MR) is 310 cm³/mol. The minimum atomic E-state index is -1.88. The van der Waals surface area contributed by atoms with Crippen molar-refractivity contribution < 1.29 is 106 Å². The van der Waals surface area contributed by atoms with Gasteiger partial charge in [-0.25, -0.2) is 4.79 Å². The summed E-state index contributed by atoms with van der Waals surface area (Å²) in [5.74, 6) is -4.84.